The minimum absolute atomic E-state index is 0.167. The molecule has 0 saturated heterocycles. The number of aliphatic hydroxyl groups excluding tert-OH is 1. The first-order chi connectivity index (χ1) is 8.81. The van der Waals surface area contributed by atoms with E-state index in [0.29, 0.717) is 12.5 Å². The molecule has 0 aromatic carbocycles. The van der Waals surface area contributed by atoms with Gasteiger partial charge in [0.05, 0.1) is 6.10 Å². The predicted molar refractivity (Wildman–Crippen MR) is 73.4 cm³/mol. The Hall–Kier alpha value is -0.380. The quantitative estimate of drug-likeness (QED) is 0.876. The summed E-state index contributed by atoms with van der Waals surface area (Å²) in [5, 5.41) is 12.8. The lowest BCUT2D eigenvalue weighted by Gasteiger charge is -2.23. The maximum Gasteiger partial charge on any atom is 0.0662 e. The summed E-state index contributed by atoms with van der Waals surface area (Å²) in [7, 11) is 0. The van der Waals surface area contributed by atoms with Crippen LogP contribution in [0.25, 0.3) is 0 Å². The van der Waals surface area contributed by atoms with Gasteiger partial charge < -0.3 is 10.8 Å². The van der Waals surface area contributed by atoms with E-state index < -0.39 is 0 Å². The van der Waals surface area contributed by atoms with Crippen LogP contribution in [0.2, 0.25) is 0 Å². The van der Waals surface area contributed by atoms with Crippen molar-refractivity contribution in [3.63, 3.8) is 0 Å². The SMILES string of the molecule is NCC(c1cccs1)C(O)C1C2C3CCC(C3)C21. The molecule has 2 bridgehead atoms. The maximum absolute atomic E-state index is 10.7. The molecule has 3 saturated carbocycles. The number of hydrogen-bond acceptors (Lipinski definition) is 3. The van der Waals surface area contributed by atoms with Crippen LogP contribution in [0.1, 0.15) is 30.1 Å². The maximum atomic E-state index is 10.7. The molecule has 1 aromatic rings. The number of aliphatic hydroxyl groups is 1. The second-order valence-electron chi connectivity index (χ2n) is 6.41. The second kappa shape index (κ2) is 4.06. The van der Waals surface area contributed by atoms with E-state index in [4.69, 9.17) is 5.73 Å². The van der Waals surface area contributed by atoms with Gasteiger partial charge in [-0.1, -0.05) is 6.07 Å². The lowest BCUT2D eigenvalue weighted by Crippen LogP contribution is -2.29. The summed E-state index contributed by atoms with van der Waals surface area (Å²) < 4.78 is 0. The smallest absolute Gasteiger partial charge is 0.0662 e. The van der Waals surface area contributed by atoms with E-state index in [1.165, 1.54) is 24.1 Å². The summed E-state index contributed by atoms with van der Waals surface area (Å²) in [6, 6.07) is 4.19. The third-order valence-electron chi connectivity index (χ3n) is 5.76. The fourth-order valence-electron chi connectivity index (χ4n) is 5.04. The Balaban J connectivity index is 1.52. The standard InChI is InChI=1S/C15H21NOS/c16-7-10(11-2-1-5-18-11)15(17)14-12-8-3-4-9(6-8)13(12)14/h1-2,5,8-10,12-15,17H,3-4,6-7,16H2. The van der Waals surface area contributed by atoms with Crippen molar-refractivity contribution in [2.75, 3.05) is 6.54 Å². The summed E-state index contributed by atoms with van der Waals surface area (Å²) in [5.74, 6) is 4.27. The van der Waals surface area contributed by atoms with Gasteiger partial charge >= 0.3 is 0 Å². The topological polar surface area (TPSA) is 46.2 Å². The van der Waals surface area contributed by atoms with E-state index in [1.807, 2.05) is 0 Å². The molecule has 2 nitrogen and oxygen atoms in total. The summed E-state index contributed by atoms with van der Waals surface area (Å²) in [6.07, 6.45) is 4.08. The molecule has 1 aromatic heterocycles. The van der Waals surface area contributed by atoms with Crippen LogP contribution in [0.5, 0.6) is 0 Å². The van der Waals surface area contributed by atoms with Gasteiger partial charge in [0.15, 0.2) is 0 Å². The molecule has 3 heteroatoms. The normalized spacial score (nSPS) is 43.8. The van der Waals surface area contributed by atoms with E-state index in [1.54, 1.807) is 11.3 Å². The molecule has 18 heavy (non-hydrogen) atoms. The first-order valence-electron chi connectivity index (χ1n) is 7.22. The minimum atomic E-state index is -0.202. The average Bonchev–Trinajstić information content (AvgIpc) is 2.83. The molecule has 3 N–H and O–H groups in total. The molecule has 6 unspecified atom stereocenters. The van der Waals surface area contributed by atoms with Gasteiger partial charge in [-0.3, -0.25) is 0 Å². The van der Waals surface area contributed by atoms with Crippen LogP contribution in [0.3, 0.4) is 0 Å². The molecule has 0 radical (unpaired) electrons. The summed E-state index contributed by atoms with van der Waals surface area (Å²) in [5.41, 5.74) is 5.91. The predicted octanol–water partition coefficient (Wildman–Crippen LogP) is 2.44. The van der Waals surface area contributed by atoms with Crippen molar-refractivity contribution < 1.29 is 5.11 Å². The molecular formula is C15H21NOS. The van der Waals surface area contributed by atoms with Gasteiger partial charge in [0.25, 0.3) is 0 Å². The van der Waals surface area contributed by atoms with Crippen LogP contribution in [-0.2, 0) is 0 Å². The Morgan fingerprint density at radius 2 is 2.06 bits per heavy atom. The highest BCUT2D eigenvalue weighted by molar-refractivity contribution is 7.10. The number of fused-ring (bicyclic) bond motifs is 5. The van der Waals surface area contributed by atoms with E-state index >= 15 is 0 Å². The van der Waals surface area contributed by atoms with Crippen LogP contribution >= 0.6 is 11.3 Å². The van der Waals surface area contributed by atoms with Crippen LogP contribution in [0, 0.1) is 29.6 Å². The third-order valence-corrected chi connectivity index (χ3v) is 6.77. The third kappa shape index (κ3) is 1.47. The first-order valence-corrected chi connectivity index (χ1v) is 8.10. The first kappa shape index (κ1) is 11.4. The van der Waals surface area contributed by atoms with E-state index in [0.717, 1.165) is 23.7 Å². The molecule has 4 rings (SSSR count). The summed E-state index contributed by atoms with van der Waals surface area (Å²) in [6.45, 7) is 0.576. The van der Waals surface area contributed by atoms with Gasteiger partial charge in [-0.15, -0.1) is 11.3 Å². The number of rotatable bonds is 4. The largest absolute Gasteiger partial charge is 0.392 e. The van der Waals surface area contributed by atoms with Crippen molar-refractivity contribution in [1.29, 1.82) is 0 Å². The molecule has 6 atom stereocenters. The average molecular weight is 263 g/mol. The van der Waals surface area contributed by atoms with Crippen LogP contribution in [0.4, 0.5) is 0 Å². The zero-order chi connectivity index (χ0) is 12.3. The fourth-order valence-corrected chi connectivity index (χ4v) is 5.93. The molecule has 3 fully saturated rings. The van der Waals surface area contributed by atoms with E-state index in [9.17, 15) is 5.11 Å². The van der Waals surface area contributed by atoms with Gasteiger partial charge in [0, 0.05) is 17.3 Å². The van der Waals surface area contributed by atoms with Crippen LogP contribution in [0.15, 0.2) is 17.5 Å². The Morgan fingerprint density at radius 1 is 1.33 bits per heavy atom. The van der Waals surface area contributed by atoms with Crippen molar-refractivity contribution in [2.45, 2.75) is 31.3 Å². The van der Waals surface area contributed by atoms with Crippen LogP contribution in [-0.4, -0.2) is 17.8 Å². The van der Waals surface area contributed by atoms with E-state index in [2.05, 4.69) is 17.5 Å². The highest BCUT2D eigenvalue weighted by Gasteiger charge is 2.67. The molecule has 98 valence electrons. The van der Waals surface area contributed by atoms with Gasteiger partial charge in [-0.25, -0.2) is 0 Å². The van der Waals surface area contributed by atoms with Gasteiger partial charge in [-0.2, -0.15) is 0 Å². The Morgan fingerprint density at radius 3 is 2.61 bits per heavy atom. The number of nitrogens with two attached hydrogens (primary N) is 1. The minimum Gasteiger partial charge on any atom is -0.392 e. The highest BCUT2D eigenvalue weighted by atomic mass is 32.1. The van der Waals surface area contributed by atoms with Crippen molar-refractivity contribution in [3.8, 4) is 0 Å². The molecular weight excluding hydrogens is 242 g/mol. The Kier molecular flexibility index (Phi) is 2.58. The van der Waals surface area contributed by atoms with Crippen molar-refractivity contribution in [3.05, 3.63) is 22.4 Å². The van der Waals surface area contributed by atoms with Crippen LogP contribution < -0.4 is 5.73 Å². The zero-order valence-electron chi connectivity index (χ0n) is 10.5. The Labute approximate surface area is 112 Å². The molecule has 0 amide bonds. The fraction of sp³-hybridized carbons (Fsp3) is 0.733. The summed E-state index contributed by atoms with van der Waals surface area (Å²) in [4.78, 5) is 1.27. The molecule has 0 spiro atoms. The monoisotopic (exact) mass is 263 g/mol. The van der Waals surface area contributed by atoms with Crippen molar-refractivity contribution in [2.24, 2.45) is 35.3 Å². The lowest BCUT2D eigenvalue weighted by atomic mass is 9.90. The molecule has 3 aliphatic carbocycles. The molecule has 3 aliphatic rings. The number of hydrogen-bond donors (Lipinski definition) is 2. The molecule has 0 aliphatic heterocycles. The summed E-state index contributed by atoms with van der Waals surface area (Å²) >= 11 is 1.73. The van der Waals surface area contributed by atoms with Crippen molar-refractivity contribution >= 4 is 11.3 Å². The van der Waals surface area contributed by atoms with Gasteiger partial charge in [-0.05, 0) is 60.3 Å². The number of thiophene rings is 1. The zero-order valence-corrected chi connectivity index (χ0v) is 11.4. The highest BCUT2D eigenvalue weighted by Crippen LogP contribution is 2.71. The van der Waals surface area contributed by atoms with Gasteiger partial charge in [0.1, 0.15) is 0 Å². The lowest BCUT2D eigenvalue weighted by molar-refractivity contribution is 0.103. The Bertz CT molecular complexity index is 416. The molecule has 1 heterocycles. The second-order valence-corrected chi connectivity index (χ2v) is 7.39. The van der Waals surface area contributed by atoms with Crippen molar-refractivity contribution in [1.82, 2.24) is 0 Å². The van der Waals surface area contributed by atoms with Gasteiger partial charge in [0.2, 0.25) is 0 Å². The van der Waals surface area contributed by atoms with E-state index in [-0.39, 0.29) is 12.0 Å².